The number of carbonyl (C=O) groups excluding carboxylic acids is 1. The van der Waals surface area contributed by atoms with Gasteiger partial charge in [-0.1, -0.05) is 0 Å². The van der Waals surface area contributed by atoms with Gasteiger partial charge in [-0.2, -0.15) is 0 Å². The Kier molecular flexibility index (Phi) is 6.75. The first kappa shape index (κ1) is 26.3. The van der Waals surface area contributed by atoms with Gasteiger partial charge >= 0.3 is 0 Å². The van der Waals surface area contributed by atoms with Gasteiger partial charge in [-0.25, -0.2) is 26.9 Å². The summed E-state index contributed by atoms with van der Waals surface area (Å²) >= 11 is 0. The number of amides is 1. The van der Waals surface area contributed by atoms with Gasteiger partial charge in [-0.15, -0.1) is 0 Å². The maximum atomic E-state index is 14.6. The number of rotatable bonds is 6. The van der Waals surface area contributed by atoms with Crippen LogP contribution in [-0.4, -0.2) is 46.4 Å². The Morgan fingerprint density at radius 3 is 2.62 bits per heavy atom. The number of hydrogen-bond donors (Lipinski definition) is 2. The zero-order valence-corrected chi connectivity index (χ0v) is 22.2. The lowest BCUT2D eigenvalue weighted by molar-refractivity contribution is 0.0975. The van der Waals surface area contributed by atoms with E-state index in [0.717, 1.165) is 25.0 Å². The van der Waals surface area contributed by atoms with Crippen LogP contribution in [0.15, 0.2) is 66.0 Å². The zero-order chi connectivity index (χ0) is 28.0. The third-order valence-electron chi connectivity index (χ3n) is 7.74. The molecule has 1 saturated heterocycles. The number of carbonyl (C=O) groups is 1. The Morgan fingerprint density at radius 1 is 1.02 bits per heavy atom. The number of anilines is 1. The molecule has 1 unspecified atom stereocenters. The SMILES string of the molecule is O=C(NS(=O)(=O)c1ccc(C2CC[C@H](O)C2)nc1)c1cnc2ccc(N3CCC[C@@H]3c3cc(F)ccc3F)cn12. The number of nitrogens with zero attached hydrogens (tertiary/aromatic N) is 4. The Hall–Kier alpha value is -3.90. The van der Waals surface area contributed by atoms with E-state index in [1.165, 1.54) is 28.9 Å². The van der Waals surface area contributed by atoms with Crippen LogP contribution in [0.25, 0.3) is 5.65 Å². The second kappa shape index (κ2) is 10.3. The summed E-state index contributed by atoms with van der Waals surface area (Å²) in [6, 6.07) is 9.48. The van der Waals surface area contributed by atoms with Gasteiger partial charge in [0.1, 0.15) is 27.9 Å². The van der Waals surface area contributed by atoms with E-state index < -0.39 is 33.6 Å². The van der Waals surface area contributed by atoms with E-state index in [0.29, 0.717) is 42.8 Å². The fraction of sp³-hybridized carbons (Fsp3) is 0.321. The van der Waals surface area contributed by atoms with Crippen molar-refractivity contribution in [2.24, 2.45) is 0 Å². The normalized spacial score (nSPS) is 21.3. The monoisotopic (exact) mass is 567 g/mol. The second-order valence-electron chi connectivity index (χ2n) is 10.3. The predicted molar refractivity (Wildman–Crippen MR) is 142 cm³/mol. The molecule has 3 atom stereocenters. The van der Waals surface area contributed by atoms with Gasteiger partial charge in [0.25, 0.3) is 15.9 Å². The molecule has 208 valence electrons. The predicted octanol–water partition coefficient (Wildman–Crippen LogP) is 4.10. The second-order valence-corrected chi connectivity index (χ2v) is 12.0. The highest BCUT2D eigenvalue weighted by Gasteiger charge is 2.30. The number of imidazole rings is 1. The minimum atomic E-state index is -4.22. The van der Waals surface area contributed by atoms with Crippen molar-refractivity contribution < 1.29 is 27.1 Å². The van der Waals surface area contributed by atoms with Crippen molar-refractivity contribution >= 4 is 27.3 Å². The van der Waals surface area contributed by atoms with Gasteiger partial charge in [-0.3, -0.25) is 14.2 Å². The number of sulfonamides is 1. The summed E-state index contributed by atoms with van der Waals surface area (Å²) in [5.41, 5.74) is 2.04. The maximum absolute atomic E-state index is 14.6. The highest BCUT2D eigenvalue weighted by atomic mass is 32.2. The number of benzene rings is 1. The molecule has 3 aromatic heterocycles. The zero-order valence-electron chi connectivity index (χ0n) is 21.4. The van der Waals surface area contributed by atoms with Gasteiger partial charge in [-0.05, 0) is 74.6 Å². The molecule has 0 spiro atoms. The summed E-state index contributed by atoms with van der Waals surface area (Å²) < 4.78 is 58.0. The first-order valence-corrected chi connectivity index (χ1v) is 14.6. The van der Waals surface area contributed by atoms with E-state index >= 15 is 0 Å². The van der Waals surface area contributed by atoms with E-state index in [9.17, 15) is 27.1 Å². The smallest absolute Gasteiger partial charge is 0.283 e. The summed E-state index contributed by atoms with van der Waals surface area (Å²) in [5, 5.41) is 9.76. The van der Waals surface area contributed by atoms with Crippen molar-refractivity contribution in [2.45, 2.75) is 55.1 Å². The van der Waals surface area contributed by atoms with Crippen molar-refractivity contribution in [1.82, 2.24) is 19.1 Å². The number of hydrogen-bond acceptors (Lipinski definition) is 7. The Labute approximate surface area is 229 Å². The molecule has 2 N–H and O–H groups in total. The van der Waals surface area contributed by atoms with E-state index in [4.69, 9.17) is 0 Å². The Bertz CT molecular complexity index is 1690. The molecule has 1 aliphatic heterocycles. The minimum Gasteiger partial charge on any atom is -0.393 e. The van der Waals surface area contributed by atoms with Crippen LogP contribution in [-0.2, 0) is 10.0 Å². The molecule has 4 aromatic rings. The minimum absolute atomic E-state index is 0.00219. The maximum Gasteiger partial charge on any atom is 0.283 e. The van der Waals surface area contributed by atoms with Gasteiger partial charge in [0.15, 0.2) is 0 Å². The topological polar surface area (TPSA) is 117 Å². The molecule has 1 aliphatic carbocycles. The molecule has 2 aliphatic rings. The van der Waals surface area contributed by atoms with Crippen LogP contribution < -0.4 is 9.62 Å². The van der Waals surface area contributed by atoms with Crippen molar-refractivity contribution in [2.75, 3.05) is 11.4 Å². The third kappa shape index (κ3) is 4.92. The molecule has 9 nitrogen and oxygen atoms in total. The molecule has 0 radical (unpaired) electrons. The molecule has 0 bridgehead atoms. The van der Waals surface area contributed by atoms with Crippen LogP contribution in [0.4, 0.5) is 14.5 Å². The van der Waals surface area contributed by atoms with Gasteiger partial charge in [0, 0.05) is 36.1 Å². The van der Waals surface area contributed by atoms with E-state index in [2.05, 4.69) is 14.7 Å². The number of pyridine rings is 2. The summed E-state index contributed by atoms with van der Waals surface area (Å²) in [5.74, 6) is -1.81. The number of fused-ring (bicyclic) bond motifs is 1. The third-order valence-corrected chi connectivity index (χ3v) is 9.06. The van der Waals surface area contributed by atoms with Crippen LogP contribution in [0.5, 0.6) is 0 Å². The lowest BCUT2D eigenvalue weighted by Gasteiger charge is -2.27. The molecule has 6 rings (SSSR count). The number of nitrogens with one attached hydrogen (secondary N) is 1. The van der Waals surface area contributed by atoms with Crippen LogP contribution in [0, 0.1) is 11.6 Å². The number of aliphatic hydroxyl groups is 1. The standard InChI is InChI=1S/C28H27F2N5O4S/c29-18-4-8-23(30)22(13-18)25-2-1-11-34(25)19-5-10-27-32-15-26(35(27)16-19)28(37)33-40(38,39)21-7-9-24(31-14-21)17-3-6-20(36)12-17/h4-5,7-10,13-17,20,25,36H,1-3,6,11-12H2,(H,33,37)/t17?,20-,25+/m0/s1. The molecule has 12 heteroatoms. The van der Waals surface area contributed by atoms with Gasteiger partial charge < -0.3 is 10.0 Å². The molecule has 1 saturated carbocycles. The molecule has 4 heterocycles. The first-order chi connectivity index (χ1) is 19.2. The first-order valence-electron chi connectivity index (χ1n) is 13.1. The van der Waals surface area contributed by atoms with Crippen molar-refractivity contribution in [3.63, 3.8) is 0 Å². The van der Waals surface area contributed by atoms with Crippen molar-refractivity contribution in [3.8, 4) is 0 Å². The summed E-state index contributed by atoms with van der Waals surface area (Å²) in [6.07, 6.45) is 7.20. The Morgan fingerprint density at radius 2 is 1.88 bits per heavy atom. The largest absolute Gasteiger partial charge is 0.393 e. The van der Waals surface area contributed by atoms with Crippen molar-refractivity contribution in [1.29, 1.82) is 0 Å². The fourth-order valence-electron chi connectivity index (χ4n) is 5.73. The average Bonchev–Trinajstić information content (AvgIpc) is 3.69. The summed E-state index contributed by atoms with van der Waals surface area (Å²) in [4.78, 5) is 23.4. The van der Waals surface area contributed by atoms with E-state index in [1.54, 1.807) is 24.4 Å². The lowest BCUT2D eigenvalue weighted by Crippen LogP contribution is -2.31. The lowest BCUT2D eigenvalue weighted by atomic mass is 10.0. The number of halogens is 2. The molecule has 1 aromatic carbocycles. The molecule has 2 fully saturated rings. The molecular weight excluding hydrogens is 540 g/mol. The van der Waals surface area contributed by atoms with Crippen LogP contribution in [0.1, 0.15) is 65.8 Å². The highest BCUT2D eigenvalue weighted by Crippen LogP contribution is 2.38. The quantitative estimate of drug-likeness (QED) is 0.360. The Balaban J connectivity index is 1.24. The van der Waals surface area contributed by atoms with Crippen LogP contribution >= 0.6 is 0 Å². The van der Waals surface area contributed by atoms with Crippen LogP contribution in [0.2, 0.25) is 0 Å². The molecule has 40 heavy (non-hydrogen) atoms. The molecule has 1 amide bonds. The fourth-order valence-corrected chi connectivity index (χ4v) is 6.63. The van der Waals surface area contributed by atoms with Gasteiger partial charge in [0.05, 0.1) is 24.0 Å². The average molecular weight is 568 g/mol. The van der Waals surface area contributed by atoms with E-state index in [1.807, 2.05) is 4.90 Å². The number of aliphatic hydroxyl groups excluding tert-OH is 1. The number of aromatic nitrogens is 3. The van der Waals surface area contributed by atoms with Gasteiger partial charge in [0.2, 0.25) is 0 Å². The highest BCUT2D eigenvalue weighted by molar-refractivity contribution is 7.90. The van der Waals surface area contributed by atoms with Crippen molar-refractivity contribution in [3.05, 3.63) is 89.6 Å². The summed E-state index contributed by atoms with van der Waals surface area (Å²) in [6.45, 7) is 0.597. The van der Waals surface area contributed by atoms with E-state index in [-0.39, 0.29) is 28.2 Å². The van der Waals surface area contributed by atoms with Crippen LogP contribution in [0.3, 0.4) is 0 Å². The molecular formula is C28H27F2N5O4S. The summed E-state index contributed by atoms with van der Waals surface area (Å²) in [7, 11) is -4.22.